The second-order valence-electron chi connectivity index (χ2n) is 4.85. The Morgan fingerprint density at radius 3 is 2.76 bits per heavy atom. The third-order valence-corrected chi connectivity index (χ3v) is 3.48. The molecule has 6 heteroatoms. The zero-order valence-corrected chi connectivity index (χ0v) is 9.76. The average Bonchev–Trinajstić information content (AvgIpc) is 3.03. The largest absolute Gasteiger partial charge is 0.480 e. The summed E-state index contributed by atoms with van der Waals surface area (Å²) >= 11 is 0. The molecule has 0 aromatic carbocycles. The highest BCUT2D eigenvalue weighted by Crippen LogP contribution is 2.42. The van der Waals surface area contributed by atoms with Gasteiger partial charge in [-0.3, -0.25) is 4.79 Å². The van der Waals surface area contributed by atoms with Crippen molar-refractivity contribution in [3.63, 3.8) is 0 Å². The first-order valence-electron chi connectivity index (χ1n) is 5.95. The molecule has 5 unspecified atom stereocenters. The van der Waals surface area contributed by atoms with Gasteiger partial charge in [0.15, 0.2) is 0 Å². The molecule has 96 valence electrons. The minimum Gasteiger partial charge on any atom is -0.480 e. The normalized spacial score (nSPS) is 34.4. The van der Waals surface area contributed by atoms with Gasteiger partial charge in [0.25, 0.3) is 0 Å². The molecule has 2 aliphatic rings. The summed E-state index contributed by atoms with van der Waals surface area (Å²) < 4.78 is 5.42. The van der Waals surface area contributed by atoms with Crippen LogP contribution in [0.1, 0.15) is 26.2 Å². The number of carboxylic acid groups (broad SMARTS) is 1. The number of fused-ring (bicyclic) bond motifs is 1. The Kier molecular flexibility index (Phi) is 3.35. The van der Waals surface area contributed by atoms with E-state index in [2.05, 4.69) is 5.32 Å². The molecule has 2 fully saturated rings. The molecule has 6 nitrogen and oxygen atoms in total. The molecule has 5 atom stereocenters. The minimum atomic E-state index is -1.01. The average molecular weight is 242 g/mol. The lowest BCUT2D eigenvalue weighted by molar-refractivity contribution is -0.144. The highest BCUT2D eigenvalue weighted by Gasteiger charge is 2.51. The van der Waals surface area contributed by atoms with Crippen LogP contribution >= 0.6 is 0 Å². The van der Waals surface area contributed by atoms with Gasteiger partial charge < -0.3 is 20.9 Å². The summed E-state index contributed by atoms with van der Waals surface area (Å²) in [7, 11) is 0. The summed E-state index contributed by atoms with van der Waals surface area (Å²) in [5, 5.41) is 11.7. The zero-order chi connectivity index (χ0) is 12.6. The Hall–Kier alpha value is -1.14. The fourth-order valence-electron chi connectivity index (χ4n) is 2.48. The Bertz CT molecular complexity index is 331. The fourth-order valence-corrected chi connectivity index (χ4v) is 2.48. The number of aliphatic carboxylic acids is 1. The van der Waals surface area contributed by atoms with Crippen molar-refractivity contribution in [3.8, 4) is 0 Å². The van der Waals surface area contributed by atoms with Gasteiger partial charge in [-0.2, -0.15) is 0 Å². The molecule has 1 heterocycles. The summed E-state index contributed by atoms with van der Waals surface area (Å²) in [5.41, 5.74) is 5.42. The van der Waals surface area contributed by atoms with Crippen LogP contribution in [-0.2, 0) is 14.3 Å². The van der Waals surface area contributed by atoms with Crippen LogP contribution in [-0.4, -0.2) is 41.3 Å². The van der Waals surface area contributed by atoms with Crippen molar-refractivity contribution in [2.75, 3.05) is 0 Å². The van der Waals surface area contributed by atoms with Gasteiger partial charge in [0.2, 0.25) is 5.91 Å². The third-order valence-electron chi connectivity index (χ3n) is 3.48. The molecule has 1 amide bonds. The van der Waals surface area contributed by atoms with Gasteiger partial charge in [0.1, 0.15) is 6.04 Å². The SMILES string of the molecule is CC(N)C(=O)NC(C(=O)O)C1CCCC2OC21. The van der Waals surface area contributed by atoms with Crippen LogP contribution in [0, 0.1) is 5.92 Å². The predicted octanol–water partition coefficient (Wildman–Crippen LogP) is -0.529. The first-order valence-corrected chi connectivity index (χ1v) is 5.95. The number of carbonyl (C=O) groups excluding carboxylic acids is 1. The summed E-state index contributed by atoms with van der Waals surface area (Å²) in [6.07, 6.45) is 2.91. The number of carbonyl (C=O) groups is 2. The molecule has 0 bridgehead atoms. The maximum Gasteiger partial charge on any atom is 0.326 e. The first kappa shape index (κ1) is 12.3. The van der Waals surface area contributed by atoms with Crippen molar-refractivity contribution in [2.45, 2.75) is 50.5 Å². The molecule has 1 saturated carbocycles. The molecule has 0 radical (unpaired) electrons. The molecule has 0 aromatic rings. The van der Waals surface area contributed by atoms with Gasteiger partial charge in [0.05, 0.1) is 18.2 Å². The van der Waals surface area contributed by atoms with Crippen molar-refractivity contribution in [3.05, 3.63) is 0 Å². The Balaban J connectivity index is 2.01. The highest BCUT2D eigenvalue weighted by molar-refractivity contribution is 5.86. The maximum absolute atomic E-state index is 11.5. The zero-order valence-electron chi connectivity index (χ0n) is 9.76. The van der Waals surface area contributed by atoms with Gasteiger partial charge in [-0.15, -0.1) is 0 Å². The summed E-state index contributed by atoms with van der Waals surface area (Å²) in [6.45, 7) is 1.53. The van der Waals surface area contributed by atoms with Crippen LogP contribution in [0.5, 0.6) is 0 Å². The van der Waals surface area contributed by atoms with Gasteiger partial charge in [-0.05, 0) is 19.8 Å². The number of hydrogen-bond acceptors (Lipinski definition) is 4. The van der Waals surface area contributed by atoms with E-state index in [-0.39, 0.29) is 18.1 Å². The number of amides is 1. The van der Waals surface area contributed by atoms with E-state index in [0.717, 1.165) is 19.3 Å². The number of carboxylic acids is 1. The van der Waals surface area contributed by atoms with E-state index >= 15 is 0 Å². The molecule has 0 aromatic heterocycles. The van der Waals surface area contributed by atoms with E-state index in [9.17, 15) is 14.7 Å². The van der Waals surface area contributed by atoms with E-state index in [1.807, 2.05) is 0 Å². The highest BCUT2D eigenvalue weighted by atomic mass is 16.6. The molecule has 1 aliphatic heterocycles. The van der Waals surface area contributed by atoms with E-state index in [1.54, 1.807) is 0 Å². The van der Waals surface area contributed by atoms with Crippen LogP contribution in [0.15, 0.2) is 0 Å². The number of nitrogens with one attached hydrogen (secondary N) is 1. The van der Waals surface area contributed by atoms with Gasteiger partial charge in [-0.25, -0.2) is 4.79 Å². The van der Waals surface area contributed by atoms with Crippen molar-refractivity contribution < 1.29 is 19.4 Å². The predicted molar refractivity (Wildman–Crippen MR) is 59.2 cm³/mol. The molecule has 1 aliphatic carbocycles. The van der Waals surface area contributed by atoms with E-state index < -0.39 is 24.0 Å². The number of nitrogens with two attached hydrogens (primary N) is 1. The van der Waals surface area contributed by atoms with Gasteiger partial charge in [0, 0.05) is 5.92 Å². The van der Waals surface area contributed by atoms with Crippen molar-refractivity contribution in [1.82, 2.24) is 5.32 Å². The lowest BCUT2D eigenvalue weighted by atomic mass is 9.83. The molecule has 2 rings (SSSR count). The number of ether oxygens (including phenoxy) is 1. The number of rotatable bonds is 4. The second kappa shape index (κ2) is 4.62. The van der Waals surface area contributed by atoms with E-state index in [4.69, 9.17) is 10.5 Å². The van der Waals surface area contributed by atoms with Crippen LogP contribution in [0.2, 0.25) is 0 Å². The van der Waals surface area contributed by atoms with Gasteiger partial charge in [-0.1, -0.05) is 6.42 Å². The molecule has 17 heavy (non-hydrogen) atoms. The fraction of sp³-hybridized carbons (Fsp3) is 0.818. The quantitative estimate of drug-likeness (QED) is 0.575. The van der Waals surface area contributed by atoms with Crippen LogP contribution in [0.25, 0.3) is 0 Å². The standard InChI is InChI=1S/C11H18N2O4/c1-5(12)10(14)13-8(11(15)16)6-3-2-4-7-9(6)17-7/h5-9H,2-4,12H2,1H3,(H,13,14)(H,15,16). The summed E-state index contributed by atoms with van der Waals surface area (Å²) in [6, 6.07) is -1.58. The summed E-state index contributed by atoms with van der Waals surface area (Å²) in [5.74, 6) is -1.57. The lowest BCUT2D eigenvalue weighted by Crippen LogP contribution is -2.52. The van der Waals surface area contributed by atoms with E-state index in [0.29, 0.717) is 0 Å². The molecule has 4 N–H and O–H groups in total. The smallest absolute Gasteiger partial charge is 0.326 e. The number of hydrogen-bond donors (Lipinski definition) is 3. The lowest BCUT2D eigenvalue weighted by Gasteiger charge is -2.26. The Morgan fingerprint density at radius 2 is 2.18 bits per heavy atom. The molecular weight excluding hydrogens is 224 g/mol. The van der Waals surface area contributed by atoms with Crippen molar-refractivity contribution in [1.29, 1.82) is 0 Å². The minimum absolute atomic E-state index is 0.00164. The third kappa shape index (κ3) is 2.58. The van der Waals surface area contributed by atoms with Crippen LogP contribution in [0.3, 0.4) is 0 Å². The van der Waals surface area contributed by atoms with Crippen molar-refractivity contribution in [2.24, 2.45) is 11.7 Å². The second-order valence-corrected chi connectivity index (χ2v) is 4.85. The van der Waals surface area contributed by atoms with E-state index in [1.165, 1.54) is 6.92 Å². The molecule has 0 spiro atoms. The molecular formula is C11H18N2O4. The monoisotopic (exact) mass is 242 g/mol. The van der Waals surface area contributed by atoms with Gasteiger partial charge >= 0.3 is 5.97 Å². The first-order chi connectivity index (χ1) is 8.00. The van der Waals surface area contributed by atoms with Crippen molar-refractivity contribution >= 4 is 11.9 Å². The Labute approximate surface area is 99.5 Å². The summed E-state index contributed by atoms with van der Waals surface area (Å²) in [4.78, 5) is 22.7. The number of epoxide rings is 1. The van der Waals surface area contributed by atoms with Crippen LogP contribution < -0.4 is 11.1 Å². The van der Waals surface area contributed by atoms with Crippen LogP contribution in [0.4, 0.5) is 0 Å². The molecule has 1 saturated heterocycles. The maximum atomic E-state index is 11.5. The topological polar surface area (TPSA) is 105 Å². The Morgan fingerprint density at radius 1 is 1.47 bits per heavy atom.